The van der Waals surface area contributed by atoms with Crippen LogP contribution < -0.4 is 4.74 Å². The second kappa shape index (κ2) is 8.01. The van der Waals surface area contributed by atoms with E-state index >= 15 is 0 Å². The Morgan fingerprint density at radius 3 is 2.83 bits per heavy atom. The molecule has 3 aromatic rings. The number of sulfonamides is 1. The molecule has 0 amide bonds. The molecule has 0 bridgehead atoms. The summed E-state index contributed by atoms with van der Waals surface area (Å²) in [7, 11) is -2.32. The SMILES string of the molecule is COc1ccc(C2SCCN2S(=O)(=O)c2ccc(F)c(-c3nn[nH]n3)c2)cc1Br. The number of halogens is 2. The van der Waals surface area contributed by atoms with Crippen LogP contribution in [0.3, 0.4) is 0 Å². The van der Waals surface area contributed by atoms with Crippen molar-refractivity contribution in [3.05, 3.63) is 52.3 Å². The summed E-state index contributed by atoms with van der Waals surface area (Å²) in [5.74, 6) is 0.670. The first kappa shape index (κ1) is 20.3. The molecule has 152 valence electrons. The molecule has 1 saturated heterocycles. The van der Waals surface area contributed by atoms with Crippen LogP contribution in [0.15, 0.2) is 45.8 Å². The van der Waals surface area contributed by atoms with Gasteiger partial charge in [-0.3, -0.25) is 0 Å². The van der Waals surface area contributed by atoms with E-state index in [0.717, 1.165) is 16.1 Å². The normalized spacial score (nSPS) is 17.6. The van der Waals surface area contributed by atoms with Gasteiger partial charge >= 0.3 is 0 Å². The number of hydrogen-bond donors (Lipinski definition) is 1. The molecule has 12 heteroatoms. The van der Waals surface area contributed by atoms with Crippen molar-refractivity contribution in [2.45, 2.75) is 10.3 Å². The Labute approximate surface area is 179 Å². The Balaban J connectivity index is 1.71. The number of ether oxygens (including phenoxy) is 1. The molecule has 0 radical (unpaired) electrons. The number of thioether (sulfide) groups is 1. The molecule has 8 nitrogen and oxygen atoms in total. The molecule has 0 aliphatic carbocycles. The largest absolute Gasteiger partial charge is 0.496 e. The van der Waals surface area contributed by atoms with Gasteiger partial charge in [0.1, 0.15) is 11.6 Å². The van der Waals surface area contributed by atoms with E-state index in [1.165, 1.54) is 28.2 Å². The van der Waals surface area contributed by atoms with Gasteiger partial charge in [0, 0.05) is 12.3 Å². The molecule has 1 aromatic heterocycles. The van der Waals surface area contributed by atoms with Crippen molar-refractivity contribution in [3.63, 3.8) is 0 Å². The molecule has 1 fully saturated rings. The lowest BCUT2D eigenvalue weighted by Gasteiger charge is -2.24. The zero-order chi connectivity index (χ0) is 20.6. The molecule has 4 rings (SSSR count). The first-order valence-corrected chi connectivity index (χ1v) is 11.7. The van der Waals surface area contributed by atoms with E-state index in [0.29, 0.717) is 18.0 Å². The van der Waals surface area contributed by atoms with Gasteiger partial charge in [-0.05, 0) is 57.0 Å². The molecule has 0 saturated carbocycles. The number of benzene rings is 2. The number of rotatable bonds is 5. The fraction of sp³-hybridized carbons (Fsp3) is 0.235. The van der Waals surface area contributed by atoms with Crippen LogP contribution in [0.5, 0.6) is 5.75 Å². The van der Waals surface area contributed by atoms with Crippen molar-refractivity contribution < 1.29 is 17.5 Å². The Kier molecular flexibility index (Phi) is 5.60. The third-order valence-electron chi connectivity index (χ3n) is 4.44. The minimum Gasteiger partial charge on any atom is -0.496 e. The van der Waals surface area contributed by atoms with Crippen LogP contribution in [-0.2, 0) is 10.0 Å². The van der Waals surface area contributed by atoms with Gasteiger partial charge in [-0.15, -0.1) is 22.0 Å². The van der Waals surface area contributed by atoms with Crippen molar-refractivity contribution in [1.29, 1.82) is 0 Å². The van der Waals surface area contributed by atoms with E-state index in [1.807, 2.05) is 12.1 Å². The Hall–Kier alpha value is -2.02. The third-order valence-corrected chi connectivity index (χ3v) is 8.31. The van der Waals surface area contributed by atoms with Gasteiger partial charge in [0.15, 0.2) is 0 Å². The molecular formula is C17H15BrFN5O3S2. The predicted octanol–water partition coefficient (Wildman–Crippen LogP) is 3.21. The lowest BCUT2D eigenvalue weighted by Crippen LogP contribution is -2.30. The molecular weight excluding hydrogens is 485 g/mol. The maximum absolute atomic E-state index is 14.2. The molecule has 29 heavy (non-hydrogen) atoms. The zero-order valence-electron chi connectivity index (χ0n) is 15.0. The second-order valence-corrected chi connectivity index (χ2v) is 10.0. The molecule has 0 spiro atoms. The topological polar surface area (TPSA) is 101 Å². The summed E-state index contributed by atoms with van der Waals surface area (Å²) in [6, 6.07) is 9.05. The summed E-state index contributed by atoms with van der Waals surface area (Å²) in [6.45, 7) is 0.343. The zero-order valence-corrected chi connectivity index (χ0v) is 18.3. The average Bonchev–Trinajstić information content (AvgIpc) is 3.40. The number of nitrogens with one attached hydrogen (secondary N) is 1. The van der Waals surface area contributed by atoms with E-state index < -0.39 is 21.2 Å². The van der Waals surface area contributed by atoms with Gasteiger partial charge < -0.3 is 4.74 Å². The predicted molar refractivity (Wildman–Crippen MR) is 109 cm³/mol. The van der Waals surface area contributed by atoms with E-state index in [2.05, 4.69) is 36.6 Å². The van der Waals surface area contributed by atoms with Gasteiger partial charge in [-0.2, -0.15) is 9.52 Å². The summed E-state index contributed by atoms with van der Waals surface area (Å²) >= 11 is 4.97. The lowest BCUT2D eigenvalue weighted by molar-refractivity contribution is 0.410. The minimum absolute atomic E-state index is 0.00835. The third kappa shape index (κ3) is 3.77. The summed E-state index contributed by atoms with van der Waals surface area (Å²) in [5, 5.41) is 12.7. The van der Waals surface area contributed by atoms with Crippen molar-refractivity contribution in [3.8, 4) is 17.1 Å². The van der Waals surface area contributed by atoms with Crippen molar-refractivity contribution >= 4 is 37.7 Å². The van der Waals surface area contributed by atoms with Crippen LogP contribution in [-0.4, -0.2) is 52.8 Å². The van der Waals surface area contributed by atoms with Gasteiger partial charge in [-0.1, -0.05) is 6.07 Å². The van der Waals surface area contributed by atoms with Gasteiger partial charge in [0.2, 0.25) is 15.8 Å². The Morgan fingerprint density at radius 1 is 1.31 bits per heavy atom. The van der Waals surface area contributed by atoms with Crippen LogP contribution in [0, 0.1) is 5.82 Å². The molecule has 1 N–H and O–H groups in total. The minimum atomic E-state index is -3.88. The summed E-state index contributed by atoms with van der Waals surface area (Å²) < 4.78 is 48.3. The lowest BCUT2D eigenvalue weighted by atomic mass is 10.2. The van der Waals surface area contributed by atoms with E-state index in [9.17, 15) is 12.8 Å². The fourth-order valence-corrected chi connectivity index (χ4v) is 6.86. The van der Waals surface area contributed by atoms with Crippen LogP contribution in [0.4, 0.5) is 4.39 Å². The first-order chi connectivity index (χ1) is 13.9. The molecule has 2 heterocycles. The molecule has 1 atom stereocenters. The summed E-state index contributed by atoms with van der Waals surface area (Å²) in [6.07, 6.45) is 0. The number of nitrogens with zero attached hydrogens (tertiary/aromatic N) is 4. The van der Waals surface area contributed by atoms with Crippen LogP contribution >= 0.6 is 27.7 Å². The standard InChI is InChI=1S/C17H15BrFN5O3S2/c1-27-15-5-2-10(8-13(15)18)17-24(6-7-28-17)29(25,26)11-3-4-14(19)12(9-11)16-20-22-23-21-16/h2-5,8-9,17H,6-7H2,1H3,(H,20,21,22,23). The summed E-state index contributed by atoms with van der Waals surface area (Å²) in [4.78, 5) is -0.0289. The van der Waals surface area contributed by atoms with Gasteiger partial charge in [-0.25, -0.2) is 12.8 Å². The second-order valence-electron chi connectivity index (χ2n) is 6.11. The van der Waals surface area contributed by atoms with Crippen LogP contribution in [0.2, 0.25) is 0 Å². The number of methoxy groups -OCH3 is 1. The number of H-pyrrole nitrogens is 1. The van der Waals surface area contributed by atoms with E-state index in [-0.39, 0.29) is 16.3 Å². The maximum atomic E-state index is 14.2. The van der Waals surface area contributed by atoms with Crippen molar-refractivity contribution in [1.82, 2.24) is 24.9 Å². The number of tetrazole rings is 1. The Morgan fingerprint density at radius 2 is 2.14 bits per heavy atom. The van der Waals surface area contributed by atoms with E-state index in [4.69, 9.17) is 4.74 Å². The van der Waals surface area contributed by atoms with Crippen molar-refractivity contribution in [2.75, 3.05) is 19.4 Å². The first-order valence-electron chi connectivity index (χ1n) is 8.42. The quantitative estimate of drug-likeness (QED) is 0.574. The highest BCUT2D eigenvalue weighted by Crippen LogP contribution is 2.43. The smallest absolute Gasteiger partial charge is 0.244 e. The van der Waals surface area contributed by atoms with Crippen LogP contribution in [0.1, 0.15) is 10.9 Å². The highest BCUT2D eigenvalue weighted by molar-refractivity contribution is 9.10. The number of hydrogen-bond acceptors (Lipinski definition) is 7. The fourth-order valence-electron chi connectivity index (χ4n) is 3.05. The molecule has 1 aliphatic heterocycles. The highest BCUT2D eigenvalue weighted by atomic mass is 79.9. The monoisotopic (exact) mass is 499 g/mol. The number of aromatic nitrogens is 4. The highest BCUT2D eigenvalue weighted by Gasteiger charge is 2.37. The maximum Gasteiger partial charge on any atom is 0.244 e. The van der Waals surface area contributed by atoms with Crippen LogP contribution in [0.25, 0.3) is 11.4 Å². The van der Waals surface area contributed by atoms with Crippen molar-refractivity contribution in [2.24, 2.45) is 0 Å². The average molecular weight is 500 g/mol. The molecule has 2 aromatic carbocycles. The molecule has 1 unspecified atom stereocenters. The molecule has 1 aliphatic rings. The number of aromatic amines is 1. The Bertz CT molecular complexity index is 1140. The van der Waals surface area contributed by atoms with Gasteiger partial charge in [0.25, 0.3) is 0 Å². The summed E-state index contributed by atoms with van der Waals surface area (Å²) in [5.41, 5.74) is 0.791. The van der Waals surface area contributed by atoms with Gasteiger partial charge in [0.05, 0.1) is 27.4 Å². The van der Waals surface area contributed by atoms with E-state index in [1.54, 1.807) is 13.2 Å².